The maximum Gasteiger partial charge on any atom is 0.256 e. The number of rotatable bonds is 4. The van der Waals surface area contributed by atoms with Gasteiger partial charge in [0.05, 0.1) is 12.3 Å². The highest BCUT2D eigenvalue weighted by molar-refractivity contribution is 6.06. The number of ether oxygens (including phenoxy) is 2. The second kappa shape index (κ2) is 6.56. The summed E-state index contributed by atoms with van der Waals surface area (Å²) in [6.07, 6.45) is 1.01. The van der Waals surface area contributed by atoms with Gasteiger partial charge in [-0.2, -0.15) is 0 Å². The minimum Gasteiger partial charge on any atom is -0.492 e. The van der Waals surface area contributed by atoms with Crippen molar-refractivity contribution < 1.29 is 14.3 Å². The van der Waals surface area contributed by atoms with Gasteiger partial charge in [-0.25, -0.2) is 0 Å². The molecule has 0 fully saturated rings. The van der Waals surface area contributed by atoms with Gasteiger partial charge in [0.2, 0.25) is 0 Å². The summed E-state index contributed by atoms with van der Waals surface area (Å²) in [5.74, 6) is 1.37. The predicted molar refractivity (Wildman–Crippen MR) is 95.3 cm³/mol. The van der Waals surface area contributed by atoms with Crippen LogP contribution in [-0.2, 0) is 6.42 Å². The second-order valence-electron chi connectivity index (χ2n) is 6.29. The van der Waals surface area contributed by atoms with Crippen molar-refractivity contribution in [1.29, 1.82) is 0 Å². The monoisotopic (exact) mass is 325 g/mol. The first-order valence-electron chi connectivity index (χ1n) is 8.33. The van der Waals surface area contributed by atoms with Gasteiger partial charge in [-0.15, -0.1) is 0 Å². The SMILES string of the molecule is CCOc1cc2c(cc1NC(=O)c1ccc(C)cc1C)OC(C)C2. The minimum absolute atomic E-state index is 0.139. The lowest BCUT2D eigenvalue weighted by atomic mass is 10.0. The van der Waals surface area contributed by atoms with Gasteiger partial charge in [-0.05, 0) is 45.4 Å². The van der Waals surface area contributed by atoms with Crippen molar-refractivity contribution in [3.63, 3.8) is 0 Å². The van der Waals surface area contributed by atoms with Crippen LogP contribution in [0.4, 0.5) is 5.69 Å². The smallest absolute Gasteiger partial charge is 0.256 e. The molecule has 1 atom stereocenters. The summed E-state index contributed by atoms with van der Waals surface area (Å²) in [5, 5.41) is 2.97. The molecular weight excluding hydrogens is 302 g/mol. The van der Waals surface area contributed by atoms with E-state index in [-0.39, 0.29) is 12.0 Å². The highest BCUT2D eigenvalue weighted by atomic mass is 16.5. The molecule has 4 nitrogen and oxygen atoms in total. The van der Waals surface area contributed by atoms with Gasteiger partial charge in [-0.3, -0.25) is 4.79 Å². The van der Waals surface area contributed by atoms with Crippen molar-refractivity contribution in [2.45, 2.75) is 40.2 Å². The fourth-order valence-corrected chi connectivity index (χ4v) is 3.07. The summed E-state index contributed by atoms with van der Waals surface area (Å²) in [6.45, 7) is 8.47. The molecular formula is C20H23NO3. The van der Waals surface area contributed by atoms with E-state index in [1.54, 1.807) is 0 Å². The first-order valence-corrected chi connectivity index (χ1v) is 8.33. The highest BCUT2D eigenvalue weighted by Crippen LogP contribution is 2.38. The van der Waals surface area contributed by atoms with E-state index in [1.165, 1.54) is 0 Å². The lowest BCUT2D eigenvalue weighted by molar-refractivity contribution is 0.102. The van der Waals surface area contributed by atoms with Crippen LogP contribution in [-0.4, -0.2) is 18.6 Å². The van der Waals surface area contributed by atoms with Crippen LogP contribution in [0.15, 0.2) is 30.3 Å². The molecule has 2 aromatic carbocycles. The van der Waals surface area contributed by atoms with Crippen LogP contribution < -0.4 is 14.8 Å². The topological polar surface area (TPSA) is 47.6 Å². The van der Waals surface area contributed by atoms with E-state index in [9.17, 15) is 4.79 Å². The van der Waals surface area contributed by atoms with Gasteiger partial charge in [0.1, 0.15) is 17.6 Å². The zero-order valence-electron chi connectivity index (χ0n) is 14.6. The van der Waals surface area contributed by atoms with Crippen LogP contribution >= 0.6 is 0 Å². The van der Waals surface area contributed by atoms with Gasteiger partial charge in [0, 0.05) is 23.6 Å². The number of nitrogens with one attached hydrogen (secondary N) is 1. The fourth-order valence-electron chi connectivity index (χ4n) is 3.07. The number of carbonyl (C=O) groups excluding carboxylic acids is 1. The predicted octanol–water partition coefficient (Wildman–Crippen LogP) is 4.28. The summed E-state index contributed by atoms with van der Waals surface area (Å²) >= 11 is 0. The largest absolute Gasteiger partial charge is 0.492 e. The maximum atomic E-state index is 12.7. The average molecular weight is 325 g/mol. The van der Waals surface area contributed by atoms with E-state index in [1.807, 2.05) is 58.0 Å². The molecule has 1 heterocycles. The summed E-state index contributed by atoms with van der Waals surface area (Å²) in [4.78, 5) is 12.7. The Labute approximate surface area is 142 Å². The standard InChI is InChI=1S/C20H23NO3/c1-5-23-19-10-15-9-14(4)24-18(15)11-17(19)21-20(22)16-7-6-12(2)8-13(16)3/h6-8,10-11,14H,5,9H2,1-4H3,(H,21,22). The van der Waals surface area contributed by atoms with Gasteiger partial charge in [0.25, 0.3) is 5.91 Å². The third-order valence-corrected chi connectivity index (χ3v) is 4.17. The quantitative estimate of drug-likeness (QED) is 0.913. The van der Waals surface area contributed by atoms with Crippen molar-refractivity contribution in [3.8, 4) is 11.5 Å². The lowest BCUT2D eigenvalue weighted by Crippen LogP contribution is -2.14. The zero-order chi connectivity index (χ0) is 17.3. The maximum absolute atomic E-state index is 12.7. The third kappa shape index (κ3) is 3.23. The second-order valence-corrected chi connectivity index (χ2v) is 6.29. The number of aryl methyl sites for hydroxylation is 2. The first kappa shape index (κ1) is 16.4. The molecule has 0 saturated carbocycles. The van der Waals surface area contributed by atoms with Crippen molar-refractivity contribution in [1.82, 2.24) is 0 Å². The molecule has 126 valence electrons. The molecule has 0 spiro atoms. The Morgan fingerprint density at radius 3 is 2.79 bits per heavy atom. The molecule has 0 bridgehead atoms. The molecule has 3 rings (SSSR count). The van der Waals surface area contributed by atoms with E-state index in [0.29, 0.717) is 23.6 Å². The van der Waals surface area contributed by atoms with Crippen molar-refractivity contribution >= 4 is 11.6 Å². The summed E-state index contributed by atoms with van der Waals surface area (Å²) in [6, 6.07) is 9.64. The number of anilines is 1. The summed E-state index contributed by atoms with van der Waals surface area (Å²) < 4.78 is 11.5. The molecule has 1 amide bonds. The summed E-state index contributed by atoms with van der Waals surface area (Å²) in [5.41, 5.74) is 4.53. The molecule has 0 aliphatic carbocycles. The highest BCUT2D eigenvalue weighted by Gasteiger charge is 2.23. The number of hydrogen-bond acceptors (Lipinski definition) is 3. The Morgan fingerprint density at radius 2 is 2.08 bits per heavy atom. The number of amides is 1. The number of benzene rings is 2. The van der Waals surface area contributed by atoms with Gasteiger partial charge >= 0.3 is 0 Å². The van der Waals surface area contributed by atoms with E-state index in [2.05, 4.69) is 5.32 Å². The Hall–Kier alpha value is -2.49. The Bertz CT molecular complexity index is 783. The van der Waals surface area contributed by atoms with Crippen LogP contribution in [0.25, 0.3) is 0 Å². The molecule has 0 saturated heterocycles. The van der Waals surface area contributed by atoms with Crippen LogP contribution in [0.3, 0.4) is 0 Å². The van der Waals surface area contributed by atoms with Gasteiger partial charge < -0.3 is 14.8 Å². The Morgan fingerprint density at radius 1 is 1.29 bits per heavy atom. The fraction of sp³-hybridized carbons (Fsp3) is 0.350. The minimum atomic E-state index is -0.139. The molecule has 24 heavy (non-hydrogen) atoms. The van der Waals surface area contributed by atoms with E-state index in [0.717, 1.165) is 28.9 Å². The number of carbonyl (C=O) groups is 1. The number of hydrogen-bond donors (Lipinski definition) is 1. The van der Waals surface area contributed by atoms with Crippen LogP contribution in [0, 0.1) is 13.8 Å². The van der Waals surface area contributed by atoms with Crippen LogP contribution in [0.2, 0.25) is 0 Å². The van der Waals surface area contributed by atoms with E-state index < -0.39 is 0 Å². The molecule has 1 aliphatic heterocycles. The van der Waals surface area contributed by atoms with Crippen LogP contribution in [0.5, 0.6) is 11.5 Å². The summed E-state index contributed by atoms with van der Waals surface area (Å²) in [7, 11) is 0. The number of fused-ring (bicyclic) bond motifs is 1. The molecule has 4 heteroatoms. The van der Waals surface area contributed by atoms with E-state index in [4.69, 9.17) is 9.47 Å². The van der Waals surface area contributed by atoms with Crippen LogP contribution in [0.1, 0.15) is 40.9 Å². The molecule has 1 N–H and O–H groups in total. The molecule has 1 unspecified atom stereocenters. The molecule has 1 aliphatic rings. The van der Waals surface area contributed by atoms with Gasteiger partial charge in [0.15, 0.2) is 0 Å². The first-order chi connectivity index (χ1) is 11.5. The lowest BCUT2D eigenvalue weighted by Gasteiger charge is -2.14. The van der Waals surface area contributed by atoms with Gasteiger partial charge in [-0.1, -0.05) is 17.7 Å². The molecule has 0 aromatic heterocycles. The van der Waals surface area contributed by atoms with E-state index >= 15 is 0 Å². The van der Waals surface area contributed by atoms with Crippen molar-refractivity contribution in [3.05, 3.63) is 52.6 Å². The molecule has 2 aromatic rings. The normalized spacial score (nSPS) is 15.6. The van der Waals surface area contributed by atoms with Crippen molar-refractivity contribution in [2.24, 2.45) is 0 Å². The van der Waals surface area contributed by atoms with Crippen molar-refractivity contribution in [2.75, 3.05) is 11.9 Å². The molecule has 0 radical (unpaired) electrons. The zero-order valence-corrected chi connectivity index (χ0v) is 14.6. The Balaban J connectivity index is 1.91. The Kier molecular flexibility index (Phi) is 4.47. The average Bonchev–Trinajstić information content (AvgIpc) is 2.86. The third-order valence-electron chi connectivity index (χ3n) is 4.17.